The molecule has 0 atom stereocenters. The topological polar surface area (TPSA) is 64.4 Å². The Morgan fingerprint density at radius 3 is 2.24 bits per heavy atom. The zero-order valence-electron chi connectivity index (χ0n) is 23.1. The normalized spacial score (nSPS) is 11.2. The third-order valence-corrected chi connectivity index (χ3v) is 7.41. The number of carbonyl (C=O) groups is 1. The van der Waals surface area contributed by atoms with Crippen molar-refractivity contribution in [1.82, 2.24) is 9.55 Å². The lowest BCUT2D eigenvalue weighted by molar-refractivity contribution is 0.0697. The van der Waals surface area contributed by atoms with Crippen molar-refractivity contribution >= 4 is 41.3 Å². The van der Waals surface area contributed by atoms with Gasteiger partial charge in [0.05, 0.1) is 22.9 Å². The minimum Gasteiger partial charge on any atom is -0.494 e. The Morgan fingerprint density at radius 1 is 0.905 bits per heavy atom. The predicted octanol–water partition coefficient (Wildman–Crippen LogP) is 9.62. The molecule has 0 aliphatic carbocycles. The molecule has 0 saturated carbocycles. The molecule has 212 valence electrons. The van der Waals surface area contributed by atoms with Gasteiger partial charge in [-0.05, 0) is 77.2 Å². The van der Waals surface area contributed by atoms with Crippen LogP contribution in [0.25, 0.3) is 34.5 Å². The van der Waals surface area contributed by atoms with Crippen LogP contribution in [0.15, 0.2) is 97.2 Å². The summed E-state index contributed by atoms with van der Waals surface area (Å²) in [4.78, 5) is 16.1. The van der Waals surface area contributed by atoms with E-state index in [2.05, 4.69) is 43.3 Å². The molecule has 1 N–H and O–H groups in total. The van der Waals surface area contributed by atoms with Crippen molar-refractivity contribution in [2.75, 3.05) is 6.61 Å². The summed E-state index contributed by atoms with van der Waals surface area (Å²) in [6, 6.07) is 28.7. The molecule has 0 bridgehead atoms. The number of carboxylic acid groups (broad SMARTS) is 1. The lowest BCUT2D eigenvalue weighted by Gasteiger charge is -2.07. The number of benzene rings is 4. The van der Waals surface area contributed by atoms with Gasteiger partial charge in [-0.1, -0.05) is 91.2 Å². The second kappa shape index (κ2) is 13.6. The fourth-order valence-corrected chi connectivity index (χ4v) is 5.01. The average Bonchev–Trinajstić information content (AvgIpc) is 3.39. The van der Waals surface area contributed by atoms with Gasteiger partial charge in [-0.2, -0.15) is 0 Å². The quantitative estimate of drug-likeness (QED) is 0.154. The molecule has 0 saturated heterocycles. The van der Waals surface area contributed by atoms with E-state index >= 15 is 0 Å². The first kappa shape index (κ1) is 29.2. The lowest BCUT2D eigenvalue weighted by atomic mass is 10.0. The highest BCUT2D eigenvalue weighted by Crippen LogP contribution is 2.31. The zero-order chi connectivity index (χ0) is 29.5. The van der Waals surface area contributed by atoms with E-state index < -0.39 is 5.97 Å². The van der Waals surface area contributed by atoms with E-state index in [1.54, 1.807) is 24.3 Å². The van der Waals surface area contributed by atoms with E-state index in [1.165, 1.54) is 0 Å². The summed E-state index contributed by atoms with van der Waals surface area (Å²) in [6.07, 6.45) is 8.09. The molecule has 5 rings (SSSR count). The second-order valence-corrected chi connectivity index (χ2v) is 10.8. The van der Waals surface area contributed by atoms with Gasteiger partial charge in [0.25, 0.3) is 0 Å². The van der Waals surface area contributed by atoms with Crippen molar-refractivity contribution in [3.05, 3.63) is 130 Å². The number of hydrogen-bond acceptors (Lipinski definition) is 3. The van der Waals surface area contributed by atoms with Gasteiger partial charge in [0.1, 0.15) is 11.6 Å². The molecule has 0 radical (unpaired) electrons. The van der Waals surface area contributed by atoms with E-state index in [9.17, 15) is 9.90 Å². The van der Waals surface area contributed by atoms with Gasteiger partial charge in [0.2, 0.25) is 0 Å². The molecular weight excluding hydrogens is 567 g/mol. The van der Waals surface area contributed by atoms with Crippen molar-refractivity contribution in [1.29, 1.82) is 0 Å². The van der Waals surface area contributed by atoms with Crippen LogP contribution in [0.1, 0.15) is 47.1 Å². The molecule has 0 aliphatic heterocycles. The standard InChI is InChI=1S/C35H30Cl2N2O3/c1-2-3-20-42-30-16-13-27(14-17-30)26-9-4-24(5-10-26)8-19-34-38-33(31-18-15-29(36)21-32(31)37)23-39(34)22-25-6-11-28(12-7-25)35(40)41/h4-19,21,23H,2-3,20,22H2,1H3,(H,40,41)/b19-8+. The summed E-state index contributed by atoms with van der Waals surface area (Å²) < 4.78 is 7.80. The Bertz CT molecular complexity index is 1690. The summed E-state index contributed by atoms with van der Waals surface area (Å²) in [5.74, 6) is 0.673. The van der Waals surface area contributed by atoms with Crippen LogP contribution < -0.4 is 4.74 Å². The summed E-state index contributed by atoms with van der Waals surface area (Å²) >= 11 is 12.6. The number of halogens is 2. The Balaban J connectivity index is 1.38. The highest BCUT2D eigenvalue weighted by atomic mass is 35.5. The average molecular weight is 598 g/mol. The van der Waals surface area contributed by atoms with Gasteiger partial charge in [-0.15, -0.1) is 0 Å². The fraction of sp³-hybridized carbons (Fsp3) is 0.143. The molecule has 0 aliphatic rings. The van der Waals surface area contributed by atoms with Crippen LogP contribution in [0, 0.1) is 0 Å². The molecule has 0 unspecified atom stereocenters. The molecule has 0 amide bonds. The van der Waals surface area contributed by atoms with E-state index in [0.717, 1.165) is 64.5 Å². The number of nitrogens with zero attached hydrogens (tertiary/aromatic N) is 2. The van der Waals surface area contributed by atoms with Crippen molar-refractivity contribution in [3.63, 3.8) is 0 Å². The highest BCUT2D eigenvalue weighted by molar-refractivity contribution is 6.36. The van der Waals surface area contributed by atoms with Gasteiger partial charge in [-0.25, -0.2) is 9.78 Å². The van der Waals surface area contributed by atoms with Crippen molar-refractivity contribution in [2.45, 2.75) is 26.3 Å². The van der Waals surface area contributed by atoms with Gasteiger partial charge < -0.3 is 14.4 Å². The van der Waals surface area contributed by atoms with Crippen LogP contribution in [0.2, 0.25) is 10.0 Å². The minimum atomic E-state index is -0.952. The predicted molar refractivity (Wildman–Crippen MR) is 171 cm³/mol. The number of aromatic carboxylic acids is 1. The number of unbranched alkanes of at least 4 members (excludes halogenated alkanes) is 1. The molecule has 4 aromatic carbocycles. The second-order valence-electron chi connectivity index (χ2n) is 9.92. The van der Waals surface area contributed by atoms with E-state index in [1.807, 2.05) is 53.2 Å². The molecule has 7 heteroatoms. The number of aromatic nitrogens is 2. The summed E-state index contributed by atoms with van der Waals surface area (Å²) in [6.45, 7) is 3.40. The Morgan fingerprint density at radius 2 is 1.60 bits per heavy atom. The molecule has 0 spiro atoms. The molecule has 5 aromatic rings. The van der Waals surface area contributed by atoms with Crippen LogP contribution in [-0.4, -0.2) is 27.2 Å². The molecule has 1 aromatic heterocycles. The van der Waals surface area contributed by atoms with Crippen LogP contribution in [0.5, 0.6) is 5.75 Å². The van der Waals surface area contributed by atoms with E-state index in [4.69, 9.17) is 32.9 Å². The fourth-order valence-electron chi connectivity index (χ4n) is 4.50. The van der Waals surface area contributed by atoms with Crippen molar-refractivity contribution in [3.8, 4) is 28.1 Å². The molecule has 1 heterocycles. The molecule has 5 nitrogen and oxygen atoms in total. The first-order valence-electron chi connectivity index (χ1n) is 13.8. The Kier molecular flexibility index (Phi) is 9.42. The maximum atomic E-state index is 11.3. The summed E-state index contributed by atoms with van der Waals surface area (Å²) in [5.41, 5.74) is 5.98. The van der Waals surface area contributed by atoms with Crippen molar-refractivity contribution in [2.24, 2.45) is 0 Å². The first-order valence-corrected chi connectivity index (χ1v) is 14.5. The van der Waals surface area contributed by atoms with Crippen LogP contribution in [0.4, 0.5) is 0 Å². The van der Waals surface area contributed by atoms with Gasteiger partial charge in [-0.3, -0.25) is 0 Å². The van der Waals surface area contributed by atoms with E-state index in [-0.39, 0.29) is 5.56 Å². The number of rotatable bonds is 11. The molecular formula is C35H30Cl2N2O3. The SMILES string of the molecule is CCCCOc1ccc(-c2ccc(/C=C/c3nc(-c4ccc(Cl)cc4Cl)cn3Cc3ccc(C(=O)O)cc3)cc2)cc1. The highest BCUT2D eigenvalue weighted by Gasteiger charge is 2.12. The number of carboxylic acids is 1. The van der Waals surface area contributed by atoms with Crippen LogP contribution >= 0.6 is 23.2 Å². The number of ether oxygens (including phenoxy) is 1. The van der Waals surface area contributed by atoms with Crippen molar-refractivity contribution < 1.29 is 14.6 Å². The molecule has 0 fully saturated rings. The van der Waals surface area contributed by atoms with Crippen LogP contribution in [0.3, 0.4) is 0 Å². The summed E-state index contributed by atoms with van der Waals surface area (Å²) in [5, 5.41) is 10.3. The number of hydrogen-bond donors (Lipinski definition) is 1. The maximum absolute atomic E-state index is 11.3. The van der Waals surface area contributed by atoms with Gasteiger partial charge in [0, 0.05) is 23.3 Å². The Hall–Kier alpha value is -4.32. The minimum absolute atomic E-state index is 0.248. The van der Waals surface area contributed by atoms with Crippen LogP contribution in [-0.2, 0) is 6.54 Å². The van der Waals surface area contributed by atoms with E-state index in [0.29, 0.717) is 16.6 Å². The monoisotopic (exact) mass is 596 g/mol. The third kappa shape index (κ3) is 7.30. The number of imidazole rings is 1. The third-order valence-electron chi connectivity index (χ3n) is 6.86. The van der Waals surface area contributed by atoms with Gasteiger partial charge in [0.15, 0.2) is 0 Å². The molecule has 42 heavy (non-hydrogen) atoms. The smallest absolute Gasteiger partial charge is 0.335 e. The largest absolute Gasteiger partial charge is 0.494 e. The zero-order valence-corrected chi connectivity index (χ0v) is 24.6. The van der Waals surface area contributed by atoms with Gasteiger partial charge >= 0.3 is 5.97 Å². The maximum Gasteiger partial charge on any atom is 0.335 e. The lowest BCUT2D eigenvalue weighted by Crippen LogP contribution is -2.02. The Labute approximate surface area is 255 Å². The first-order chi connectivity index (χ1) is 20.4. The summed E-state index contributed by atoms with van der Waals surface area (Å²) in [7, 11) is 0.